The second-order valence-corrected chi connectivity index (χ2v) is 7.36. The molecule has 0 aliphatic rings. The SMILES string of the molecule is CCCCN(C(=O)CC)c1c([N+](=O)[O-])cc(S(C)(=O)=O)cc1[N+](=O)[O-]. The molecular weight excluding hydrogens is 354 g/mol. The summed E-state index contributed by atoms with van der Waals surface area (Å²) in [5, 5.41) is 22.8. The number of hydrogen-bond donors (Lipinski definition) is 0. The van der Waals surface area contributed by atoms with Crippen LogP contribution in [0.2, 0.25) is 0 Å². The average molecular weight is 373 g/mol. The van der Waals surface area contributed by atoms with E-state index in [0.29, 0.717) is 12.8 Å². The molecule has 0 atom stereocenters. The van der Waals surface area contributed by atoms with Crippen LogP contribution in [-0.2, 0) is 14.6 Å². The third-order valence-electron chi connectivity index (χ3n) is 3.47. The first-order valence-corrected chi connectivity index (χ1v) is 9.40. The third-order valence-corrected chi connectivity index (χ3v) is 4.57. The topological polar surface area (TPSA) is 141 Å². The van der Waals surface area contributed by atoms with Gasteiger partial charge in [0.05, 0.1) is 14.7 Å². The summed E-state index contributed by atoms with van der Waals surface area (Å²) >= 11 is 0. The van der Waals surface area contributed by atoms with Crippen LogP contribution in [0.4, 0.5) is 17.1 Å². The summed E-state index contributed by atoms with van der Waals surface area (Å²) in [6, 6.07) is 1.50. The third kappa shape index (κ3) is 4.72. The number of carbonyl (C=O) groups is 1. The average Bonchev–Trinajstić information content (AvgIpc) is 2.53. The van der Waals surface area contributed by atoms with Gasteiger partial charge in [-0.1, -0.05) is 20.3 Å². The van der Waals surface area contributed by atoms with Gasteiger partial charge in [-0.15, -0.1) is 0 Å². The van der Waals surface area contributed by atoms with Gasteiger partial charge in [-0.25, -0.2) is 8.42 Å². The van der Waals surface area contributed by atoms with Crippen molar-refractivity contribution in [1.82, 2.24) is 0 Å². The van der Waals surface area contributed by atoms with Crippen LogP contribution < -0.4 is 4.90 Å². The maximum Gasteiger partial charge on any atom is 0.301 e. The number of carbonyl (C=O) groups excluding carboxylic acids is 1. The molecular formula is C14H19N3O7S. The van der Waals surface area contributed by atoms with E-state index in [-0.39, 0.29) is 13.0 Å². The lowest BCUT2D eigenvalue weighted by Crippen LogP contribution is -2.32. The van der Waals surface area contributed by atoms with Crippen molar-refractivity contribution in [1.29, 1.82) is 0 Å². The molecule has 0 saturated carbocycles. The second-order valence-electron chi connectivity index (χ2n) is 5.35. The van der Waals surface area contributed by atoms with E-state index in [1.165, 1.54) is 6.92 Å². The monoisotopic (exact) mass is 373 g/mol. The maximum atomic E-state index is 12.2. The van der Waals surface area contributed by atoms with Crippen molar-refractivity contribution in [3.63, 3.8) is 0 Å². The van der Waals surface area contributed by atoms with Crippen LogP contribution in [0.1, 0.15) is 33.1 Å². The Labute approximate surface area is 144 Å². The molecule has 138 valence electrons. The number of sulfone groups is 1. The quantitative estimate of drug-likeness (QED) is 0.503. The van der Waals surface area contributed by atoms with Crippen molar-refractivity contribution in [3.8, 4) is 0 Å². The van der Waals surface area contributed by atoms with Gasteiger partial charge in [0, 0.05) is 31.4 Å². The highest BCUT2D eigenvalue weighted by Crippen LogP contribution is 2.40. The van der Waals surface area contributed by atoms with Gasteiger partial charge < -0.3 is 4.90 Å². The molecule has 0 saturated heterocycles. The zero-order valence-corrected chi connectivity index (χ0v) is 14.9. The molecule has 0 aliphatic carbocycles. The zero-order valence-electron chi connectivity index (χ0n) is 14.1. The van der Waals surface area contributed by atoms with Crippen molar-refractivity contribution in [3.05, 3.63) is 32.4 Å². The normalized spacial score (nSPS) is 11.2. The van der Waals surface area contributed by atoms with Crippen molar-refractivity contribution in [2.45, 2.75) is 38.0 Å². The van der Waals surface area contributed by atoms with E-state index in [9.17, 15) is 33.4 Å². The molecule has 11 heteroatoms. The molecule has 0 fully saturated rings. The molecule has 0 heterocycles. The minimum Gasteiger partial charge on any atom is -0.301 e. The Balaban J connectivity index is 3.83. The van der Waals surface area contributed by atoms with E-state index in [0.717, 1.165) is 23.3 Å². The van der Waals surface area contributed by atoms with Crippen molar-refractivity contribution < 1.29 is 23.1 Å². The van der Waals surface area contributed by atoms with Gasteiger partial charge in [-0.05, 0) is 6.42 Å². The molecule has 1 aromatic carbocycles. The molecule has 1 rings (SSSR count). The molecule has 0 unspecified atom stereocenters. The number of hydrogen-bond acceptors (Lipinski definition) is 7. The summed E-state index contributed by atoms with van der Waals surface area (Å²) in [6.07, 6.45) is 1.93. The summed E-state index contributed by atoms with van der Waals surface area (Å²) in [7, 11) is -3.91. The lowest BCUT2D eigenvalue weighted by Gasteiger charge is -2.22. The fourth-order valence-electron chi connectivity index (χ4n) is 2.22. The van der Waals surface area contributed by atoms with Gasteiger partial charge in [-0.3, -0.25) is 25.0 Å². The molecule has 10 nitrogen and oxygen atoms in total. The predicted octanol–water partition coefficient (Wildman–Crippen LogP) is 2.45. The van der Waals surface area contributed by atoms with Crippen molar-refractivity contribution >= 4 is 32.8 Å². The first-order chi connectivity index (χ1) is 11.5. The number of anilines is 1. The summed E-state index contributed by atoms with van der Waals surface area (Å²) in [5.41, 5.74) is -2.05. The van der Waals surface area contributed by atoms with Gasteiger partial charge in [0.2, 0.25) is 11.6 Å². The summed E-state index contributed by atoms with van der Waals surface area (Å²) < 4.78 is 23.4. The Hall–Kier alpha value is -2.56. The molecule has 0 aromatic heterocycles. The van der Waals surface area contributed by atoms with E-state index in [1.807, 2.05) is 6.92 Å². The number of nitro benzene ring substituents is 2. The standard InChI is InChI=1S/C14H19N3O7S/c1-4-6-7-15(13(18)5-2)14-11(16(19)20)8-10(25(3,23)24)9-12(14)17(21)22/h8-9H,4-7H2,1-3H3. The largest absolute Gasteiger partial charge is 0.301 e. The van der Waals surface area contributed by atoms with Gasteiger partial charge in [0.15, 0.2) is 9.84 Å². The van der Waals surface area contributed by atoms with Crippen molar-refractivity contribution in [2.75, 3.05) is 17.7 Å². The Morgan fingerprint density at radius 2 is 1.60 bits per heavy atom. The van der Waals surface area contributed by atoms with Crippen LogP contribution in [0, 0.1) is 20.2 Å². The van der Waals surface area contributed by atoms with E-state index in [1.54, 1.807) is 0 Å². The number of unbranched alkanes of at least 4 members (excludes halogenated alkanes) is 1. The number of benzene rings is 1. The predicted molar refractivity (Wildman–Crippen MR) is 90.4 cm³/mol. The number of nitrogens with zero attached hydrogens (tertiary/aromatic N) is 3. The summed E-state index contributed by atoms with van der Waals surface area (Å²) in [6.45, 7) is 3.43. The lowest BCUT2D eigenvalue weighted by molar-refractivity contribution is -0.393. The first kappa shape index (κ1) is 20.5. The van der Waals surface area contributed by atoms with Crippen LogP contribution in [0.5, 0.6) is 0 Å². The Morgan fingerprint density at radius 1 is 1.12 bits per heavy atom. The van der Waals surface area contributed by atoms with Gasteiger partial charge in [-0.2, -0.15) is 0 Å². The summed E-state index contributed by atoms with van der Waals surface area (Å²) in [5.74, 6) is -0.522. The van der Waals surface area contributed by atoms with E-state index in [2.05, 4.69) is 0 Å². The zero-order chi connectivity index (χ0) is 19.4. The van der Waals surface area contributed by atoms with Gasteiger partial charge in [0.25, 0.3) is 0 Å². The minimum absolute atomic E-state index is 0.00808. The second kappa shape index (κ2) is 8.01. The highest BCUT2D eigenvalue weighted by Gasteiger charge is 2.34. The molecule has 25 heavy (non-hydrogen) atoms. The maximum absolute atomic E-state index is 12.2. The highest BCUT2D eigenvalue weighted by atomic mass is 32.2. The molecule has 1 amide bonds. The first-order valence-electron chi connectivity index (χ1n) is 7.51. The Bertz CT molecular complexity index is 770. The van der Waals surface area contributed by atoms with Crippen LogP contribution in [-0.4, -0.2) is 37.0 Å². The fraction of sp³-hybridized carbons (Fsp3) is 0.500. The van der Waals surface area contributed by atoms with Gasteiger partial charge in [0.1, 0.15) is 0 Å². The minimum atomic E-state index is -3.91. The van der Waals surface area contributed by atoms with Crippen molar-refractivity contribution in [2.24, 2.45) is 0 Å². The molecule has 0 spiro atoms. The molecule has 0 bridgehead atoms. The fourth-order valence-corrected chi connectivity index (χ4v) is 2.87. The van der Waals surface area contributed by atoms with Crippen LogP contribution >= 0.6 is 0 Å². The smallest absolute Gasteiger partial charge is 0.301 e. The number of rotatable bonds is 8. The Kier molecular flexibility index (Phi) is 6.56. The van der Waals surface area contributed by atoms with E-state index >= 15 is 0 Å². The highest BCUT2D eigenvalue weighted by molar-refractivity contribution is 7.90. The van der Waals surface area contributed by atoms with Crippen LogP contribution in [0.3, 0.4) is 0 Å². The Morgan fingerprint density at radius 3 is 1.92 bits per heavy atom. The molecule has 0 radical (unpaired) electrons. The van der Waals surface area contributed by atoms with E-state index < -0.39 is 47.5 Å². The molecule has 0 N–H and O–H groups in total. The van der Waals surface area contributed by atoms with Crippen LogP contribution in [0.25, 0.3) is 0 Å². The molecule has 1 aromatic rings. The lowest BCUT2D eigenvalue weighted by atomic mass is 10.1. The number of amides is 1. The van der Waals surface area contributed by atoms with E-state index in [4.69, 9.17) is 0 Å². The number of nitro groups is 2. The summed E-state index contributed by atoms with van der Waals surface area (Å²) in [4.78, 5) is 33.7. The van der Waals surface area contributed by atoms with Crippen LogP contribution in [0.15, 0.2) is 17.0 Å². The molecule has 0 aliphatic heterocycles. The van der Waals surface area contributed by atoms with Gasteiger partial charge >= 0.3 is 11.4 Å².